The lowest BCUT2D eigenvalue weighted by Gasteiger charge is -2.33. The molecule has 0 saturated heterocycles. The number of thioether (sulfide) groups is 1. The van der Waals surface area contributed by atoms with Gasteiger partial charge < -0.3 is 15.0 Å². The number of carbonyl (C=O) groups is 2. The maximum atomic E-state index is 15.0. The summed E-state index contributed by atoms with van der Waals surface area (Å²) in [6, 6.07) is 7.63. The van der Waals surface area contributed by atoms with Crippen molar-refractivity contribution in [3.05, 3.63) is 88.2 Å². The average molecular weight is 607 g/mol. The third-order valence-corrected chi connectivity index (χ3v) is 8.05. The second-order valence-electron chi connectivity index (χ2n) is 10.0. The number of carbonyl (C=O) groups excluding carboxylic acids is 2. The van der Waals surface area contributed by atoms with Gasteiger partial charge in [-0.15, -0.1) is 11.8 Å². The van der Waals surface area contributed by atoms with Gasteiger partial charge in [0.25, 0.3) is 5.91 Å². The van der Waals surface area contributed by atoms with Crippen molar-refractivity contribution in [2.45, 2.75) is 69.2 Å². The van der Waals surface area contributed by atoms with Crippen LogP contribution in [0.5, 0.6) is 5.75 Å². The Labute approximate surface area is 245 Å². The predicted octanol–water partition coefficient (Wildman–Crippen LogP) is 7.69. The Hall–Kier alpha value is -3.60. The highest BCUT2D eigenvalue weighted by Gasteiger charge is 2.32. The fourth-order valence-electron chi connectivity index (χ4n) is 4.59. The maximum Gasteiger partial charge on any atom is 0.251 e. The van der Waals surface area contributed by atoms with E-state index >= 15 is 8.78 Å². The zero-order valence-corrected chi connectivity index (χ0v) is 24.1. The molecule has 42 heavy (non-hydrogen) atoms. The molecule has 1 aliphatic heterocycles. The van der Waals surface area contributed by atoms with Crippen molar-refractivity contribution >= 4 is 29.3 Å². The van der Waals surface area contributed by atoms with Gasteiger partial charge in [-0.25, -0.2) is 22.0 Å². The highest BCUT2D eigenvalue weighted by atomic mass is 32.2. The molecule has 3 aromatic rings. The van der Waals surface area contributed by atoms with Crippen molar-refractivity contribution in [3.63, 3.8) is 0 Å². The molecule has 1 unspecified atom stereocenters. The van der Waals surface area contributed by atoms with Crippen LogP contribution in [0, 0.1) is 29.1 Å². The number of rotatable bonds is 12. The summed E-state index contributed by atoms with van der Waals surface area (Å²) in [6.45, 7) is 3.21. The summed E-state index contributed by atoms with van der Waals surface area (Å²) in [5, 5.41) is 1.79. The molecule has 0 aliphatic carbocycles. The number of anilines is 1. The molecule has 1 N–H and O–H groups in total. The largest absolute Gasteiger partial charge is 0.493 e. The topological polar surface area (TPSA) is 58.6 Å². The SMILES string of the molecule is CCCCCCCOc1cc(F)c(CN2C(=O)C(C)Sc3cc(C(=O)NCc4c(F)cc(F)cc4F)ccc32)c(F)c1. The number of halogens is 5. The van der Waals surface area contributed by atoms with Gasteiger partial charge in [-0.1, -0.05) is 32.6 Å². The summed E-state index contributed by atoms with van der Waals surface area (Å²) >= 11 is 1.17. The standard InChI is InChI=1S/C31H31F5N2O3S/c1-3-4-5-6-7-10-41-21-14-26(35)23(27(36)15-21)17-38-28-9-8-19(11-29(28)42-18(2)31(38)40)30(39)37-16-22-24(33)12-20(32)13-25(22)34/h8-9,11-15,18H,3-7,10,16-17H2,1-2H3,(H,37,39). The number of amides is 2. The fraction of sp³-hybridized carbons (Fsp3) is 0.355. The average Bonchev–Trinajstić information content (AvgIpc) is 2.93. The van der Waals surface area contributed by atoms with E-state index in [-0.39, 0.29) is 29.3 Å². The monoisotopic (exact) mass is 606 g/mol. The van der Waals surface area contributed by atoms with Crippen LogP contribution in [-0.4, -0.2) is 23.7 Å². The van der Waals surface area contributed by atoms with Gasteiger partial charge in [0.15, 0.2) is 0 Å². The summed E-state index contributed by atoms with van der Waals surface area (Å²) in [5.74, 6) is -5.95. The van der Waals surface area contributed by atoms with Crippen LogP contribution in [0.25, 0.3) is 0 Å². The summed E-state index contributed by atoms with van der Waals surface area (Å²) in [5.41, 5.74) is -0.287. The molecule has 2 amide bonds. The van der Waals surface area contributed by atoms with Crippen molar-refractivity contribution in [3.8, 4) is 5.75 Å². The van der Waals surface area contributed by atoms with Gasteiger partial charge in [-0.05, 0) is 31.5 Å². The van der Waals surface area contributed by atoms with Crippen LogP contribution < -0.4 is 15.0 Å². The van der Waals surface area contributed by atoms with Crippen molar-refractivity contribution in [2.24, 2.45) is 0 Å². The number of benzene rings is 3. The van der Waals surface area contributed by atoms with E-state index in [2.05, 4.69) is 12.2 Å². The first-order chi connectivity index (χ1) is 20.1. The van der Waals surface area contributed by atoms with Crippen LogP contribution in [0.1, 0.15) is 67.4 Å². The quantitative estimate of drug-likeness (QED) is 0.170. The minimum atomic E-state index is -1.13. The molecule has 1 aliphatic rings. The number of unbranched alkanes of at least 4 members (excludes halogenated alkanes) is 4. The molecule has 3 aromatic carbocycles. The molecule has 11 heteroatoms. The lowest BCUT2D eigenvalue weighted by atomic mass is 10.1. The van der Waals surface area contributed by atoms with Gasteiger partial charge in [-0.2, -0.15) is 0 Å². The molecule has 0 bridgehead atoms. The Kier molecular flexibility index (Phi) is 10.5. The Morgan fingerprint density at radius 1 is 0.905 bits per heavy atom. The van der Waals surface area contributed by atoms with Crippen LogP contribution >= 0.6 is 11.8 Å². The number of ether oxygens (including phenoxy) is 1. The van der Waals surface area contributed by atoms with E-state index in [9.17, 15) is 22.8 Å². The Morgan fingerprint density at radius 3 is 2.21 bits per heavy atom. The van der Waals surface area contributed by atoms with E-state index in [0.717, 1.165) is 44.2 Å². The minimum absolute atomic E-state index is 0.0783. The summed E-state index contributed by atoms with van der Waals surface area (Å²) in [7, 11) is 0. The first-order valence-corrected chi connectivity index (χ1v) is 14.6. The van der Waals surface area contributed by atoms with E-state index < -0.39 is 52.4 Å². The van der Waals surface area contributed by atoms with E-state index in [1.165, 1.54) is 34.9 Å². The van der Waals surface area contributed by atoms with E-state index in [1.807, 2.05) is 0 Å². The van der Waals surface area contributed by atoms with Crippen molar-refractivity contribution in [2.75, 3.05) is 11.5 Å². The van der Waals surface area contributed by atoms with Gasteiger partial charge >= 0.3 is 0 Å². The lowest BCUT2D eigenvalue weighted by molar-refractivity contribution is -0.118. The second kappa shape index (κ2) is 14.0. The molecule has 0 spiro atoms. The number of fused-ring (bicyclic) bond motifs is 1. The van der Waals surface area contributed by atoms with Gasteiger partial charge in [-0.3, -0.25) is 9.59 Å². The van der Waals surface area contributed by atoms with Crippen molar-refractivity contribution in [1.82, 2.24) is 5.32 Å². The molecular weight excluding hydrogens is 575 g/mol. The molecule has 224 valence electrons. The summed E-state index contributed by atoms with van der Waals surface area (Å²) < 4.78 is 76.6. The second-order valence-corrected chi connectivity index (χ2v) is 11.4. The smallest absolute Gasteiger partial charge is 0.251 e. The zero-order chi connectivity index (χ0) is 30.4. The molecule has 0 aromatic heterocycles. The Balaban J connectivity index is 1.47. The Bertz CT molecular complexity index is 1420. The minimum Gasteiger partial charge on any atom is -0.493 e. The lowest BCUT2D eigenvalue weighted by Crippen LogP contribution is -2.39. The van der Waals surface area contributed by atoms with Crippen molar-refractivity contribution < 1.29 is 36.3 Å². The van der Waals surface area contributed by atoms with E-state index in [0.29, 0.717) is 29.3 Å². The molecule has 0 saturated carbocycles. The van der Waals surface area contributed by atoms with Crippen LogP contribution in [0.3, 0.4) is 0 Å². The van der Waals surface area contributed by atoms with Crippen LogP contribution in [0.15, 0.2) is 47.4 Å². The van der Waals surface area contributed by atoms with Crippen LogP contribution in [0.2, 0.25) is 0 Å². The summed E-state index contributed by atoms with van der Waals surface area (Å²) in [6.07, 6.45) is 5.06. The Morgan fingerprint density at radius 2 is 1.55 bits per heavy atom. The molecule has 0 radical (unpaired) electrons. The van der Waals surface area contributed by atoms with Gasteiger partial charge in [0.1, 0.15) is 34.8 Å². The third kappa shape index (κ3) is 7.42. The summed E-state index contributed by atoms with van der Waals surface area (Å²) in [4.78, 5) is 27.6. The number of nitrogens with one attached hydrogen (secondary N) is 1. The predicted molar refractivity (Wildman–Crippen MR) is 151 cm³/mol. The maximum absolute atomic E-state index is 15.0. The van der Waals surface area contributed by atoms with Crippen LogP contribution in [-0.2, 0) is 17.9 Å². The zero-order valence-electron chi connectivity index (χ0n) is 23.2. The first-order valence-electron chi connectivity index (χ1n) is 13.7. The highest BCUT2D eigenvalue weighted by molar-refractivity contribution is 8.01. The van der Waals surface area contributed by atoms with Gasteiger partial charge in [0, 0.05) is 52.4 Å². The molecule has 1 heterocycles. The van der Waals surface area contributed by atoms with E-state index in [1.54, 1.807) is 6.92 Å². The number of hydrogen-bond donors (Lipinski definition) is 1. The van der Waals surface area contributed by atoms with Gasteiger partial charge in [0.2, 0.25) is 5.91 Å². The normalized spacial score (nSPS) is 14.6. The molecular formula is C31H31F5N2O3S. The van der Waals surface area contributed by atoms with Gasteiger partial charge in [0.05, 0.1) is 24.1 Å². The number of hydrogen-bond acceptors (Lipinski definition) is 4. The number of nitrogens with zero attached hydrogens (tertiary/aromatic N) is 1. The molecule has 5 nitrogen and oxygen atoms in total. The molecule has 1 atom stereocenters. The van der Waals surface area contributed by atoms with E-state index in [4.69, 9.17) is 4.74 Å². The van der Waals surface area contributed by atoms with Crippen LogP contribution in [0.4, 0.5) is 27.6 Å². The highest BCUT2D eigenvalue weighted by Crippen LogP contribution is 2.41. The third-order valence-electron chi connectivity index (χ3n) is 6.91. The fourth-order valence-corrected chi connectivity index (χ4v) is 5.70. The first kappa shape index (κ1) is 31.3. The van der Waals surface area contributed by atoms with Crippen molar-refractivity contribution in [1.29, 1.82) is 0 Å². The molecule has 0 fully saturated rings. The molecule has 4 rings (SSSR count).